The van der Waals surface area contributed by atoms with E-state index in [2.05, 4.69) is 0 Å². The van der Waals surface area contributed by atoms with Crippen molar-refractivity contribution in [2.24, 2.45) is 5.92 Å². The van der Waals surface area contributed by atoms with Gasteiger partial charge in [-0.3, -0.25) is 14.4 Å². The van der Waals surface area contributed by atoms with E-state index in [-0.39, 0.29) is 37.2 Å². The van der Waals surface area contributed by atoms with E-state index in [0.29, 0.717) is 12.8 Å². The van der Waals surface area contributed by atoms with E-state index in [4.69, 9.17) is 5.11 Å². The summed E-state index contributed by atoms with van der Waals surface area (Å²) in [5.41, 5.74) is 0. The smallest absolute Gasteiger partial charge is 0.308 e. The summed E-state index contributed by atoms with van der Waals surface area (Å²) in [4.78, 5) is 39.2. The molecule has 0 radical (unpaired) electrons. The maximum atomic E-state index is 12.4. The number of hydrogen-bond donors (Lipinski definition) is 1. The lowest BCUT2D eigenvalue weighted by molar-refractivity contribution is -0.148. The average molecular weight is 326 g/mol. The van der Waals surface area contributed by atoms with E-state index < -0.39 is 11.9 Å². The number of hydrogen-bond acceptors (Lipinski definition) is 3. The molecule has 2 amide bonds. The van der Waals surface area contributed by atoms with Crippen LogP contribution in [0.1, 0.15) is 59.3 Å². The molecule has 0 aromatic heterocycles. The predicted molar refractivity (Wildman–Crippen MR) is 87.9 cm³/mol. The fraction of sp³-hybridized carbons (Fsp3) is 0.824. The van der Waals surface area contributed by atoms with Gasteiger partial charge in [-0.05, 0) is 32.6 Å². The van der Waals surface area contributed by atoms with Crippen LogP contribution < -0.4 is 0 Å². The van der Waals surface area contributed by atoms with Crippen molar-refractivity contribution < 1.29 is 19.5 Å². The van der Waals surface area contributed by atoms with Crippen molar-refractivity contribution in [1.82, 2.24) is 9.80 Å². The molecule has 0 spiro atoms. The predicted octanol–water partition coefficient (Wildman–Crippen LogP) is 2.13. The Hall–Kier alpha value is -1.59. The Morgan fingerprint density at radius 2 is 1.70 bits per heavy atom. The van der Waals surface area contributed by atoms with Crippen molar-refractivity contribution in [2.45, 2.75) is 65.3 Å². The second-order valence-electron chi connectivity index (χ2n) is 6.39. The topological polar surface area (TPSA) is 77.9 Å². The summed E-state index contributed by atoms with van der Waals surface area (Å²) < 4.78 is 0. The summed E-state index contributed by atoms with van der Waals surface area (Å²) in [7, 11) is 0. The first-order chi connectivity index (χ1) is 10.9. The number of nitrogens with zero attached hydrogens (tertiary/aromatic N) is 2. The maximum absolute atomic E-state index is 12.4. The summed E-state index contributed by atoms with van der Waals surface area (Å²) in [5.74, 6) is -1.42. The number of carbonyl (C=O) groups excluding carboxylic acids is 2. The molecule has 1 N–H and O–H groups in total. The van der Waals surface area contributed by atoms with Gasteiger partial charge in [0.15, 0.2) is 0 Å². The molecule has 6 heteroatoms. The van der Waals surface area contributed by atoms with Gasteiger partial charge >= 0.3 is 5.97 Å². The molecule has 0 aliphatic carbocycles. The summed E-state index contributed by atoms with van der Waals surface area (Å²) >= 11 is 0. The molecule has 0 aromatic rings. The minimum absolute atomic E-state index is 0.0153. The highest BCUT2D eigenvalue weighted by molar-refractivity contribution is 5.84. The standard InChI is InChI=1S/C17H30N2O4/c1-4-10-18(11-5-2)15(20)8-9-16(21)19-12-14(17(22)23)7-6-13(19)3/h13-14H,4-12H2,1-3H3,(H,22,23). The minimum atomic E-state index is -0.845. The third-order valence-electron chi connectivity index (χ3n) is 4.44. The second kappa shape index (κ2) is 9.53. The van der Waals surface area contributed by atoms with Gasteiger partial charge in [-0.25, -0.2) is 0 Å². The fourth-order valence-electron chi connectivity index (χ4n) is 3.07. The lowest BCUT2D eigenvalue weighted by Crippen LogP contribution is -2.47. The van der Waals surface area contributed by atoms with E-state index in [1.165, 1.54) is 0 Å². The number of likely N-dealkylation sites (tertiary alicyclic amines) is 1. The van der Waals surface area contributed by atoms with Gasteiger partial charge in [0, 0.05) is 38.5 Å². The molecule has 6 nitrogen and oxygen atoms in total. The van der Waals surface area contributed by atoms with Crippen LogP contribution in [0.25, 0.3) is 0 Å². The number of rotatable bonds is 8. The third-order valence-corrected chi connectivity index (χ3v) is 4.44. The molecule has 2 atom stereocenters. The zero-order chi connectivity index (χ0) is 17.4. The van der Waals surface area contributed by atoms with Crippen molar-refractivity contribution in [3.63, 3.8) is 0 Å². The zero-order valence-corrected chi connectivity index (χ0v) is 14.6. The van der Waals surface area contributed by atoms with E-state index in [0.717, 1.165) is 25.9 Å². The molecule has 0 aromatic carbocycles. The fourth-order valence-corrected chi connectivity index (χ4v) is 3.07. The molecule has 0 bridgehead atoms. The first-order valence-electron chi connectivity index (χ1n) is 8.70. The Balaban J connectivity index is 2.53. The third kappa shape index (κ3) is 5.84. The van der Waals surface area contributed by atoms with E-state index in [1.807, 2.05) is 25.7 Å². The van der Waals surface area contributed by atoms with Crippen LogP contribution in [0.15, 0.2) is 0 Å². The van der Waals surface area contributed by atoms with E-state index in [1.54, 1.807) is 4.90 Å². The highest BCUT2D eigenvalue weighted by Gasteiger charge is 2.32. The Labute approximate surface area is 138 Å². The molecule has 1 heterocycles. The average Bonchev–Trinajstić information content (AvgIpc) is 2.52. The number of carboxylic acid groups (broad SMARTS) is 1. The van der Waals surface area contributed by atoms with Crippen molar-refractivity contribution in [3.05, 3.63) is 0 Å². The molecule has 1 fully saturated rings. The zero-order valence-electron chi connectivity index (χ0n) is 14.6. The van der Waals surface area contributed by atoms with Gasteiger partial charge < -0.3 is 14.9 Å². The molecule has 1 aliphatic rings. The first-order valence-corrected chi connectivity index (χ1v) is 8.70. The normalized spacial score (nSPS) is 21.1. The summed E-state index contributed by atoms with van der Waals surface area (Å²) in [6.45, 7) is 7.71. The van der Waals surface area contributed by atoms with Crippen LogP contribution in [0, 0.1) is 5.92 Å². The Morgan fingerprint density at radius 1 is 1.09 bits per heavy atom. The number of aliphatic carboxylic acids is 1. The van der Waals surface area contributed by atoms with Gasteiger partial charge in [-0.2, -0.15) is 0 Å². The van der Waals surface area contributed by atoms with Crippen molar-refractivity contribution >= 4 is 17.8 Å². The van der Waals surface area contributed by atoms with Crippen molar-refractivity contribution in [1.29, 1.82) is 0 Å². The van der Waals surface area contributed by atoms with Crippen LogP contribution >= 0.6 is 0 Å². The lowest BCUT2D eigenvalue weighted by atomic mass is 9.93. The molecule has 1 aliphatic heterocycles. The Kier molecular flexibility index (Phi) is 8.06. The SMILES string of the molecule is CCCN(CCC)C(=O)CCC(=O)N1CC(C(=O)O)CCC1C. The quantitative estimate of drug-likeness (QED) is 0.741. The molecular weight excluding hydrogens is 296 g/mol. The highest BCUT2D eigenvalue weighted by atomic mass is 16.4. The van der Waals surface area contributed by atoms with Gasteiger partial charge in [0.05, 0.1) is 5.92 Å². The minimum Gasteiger partial charge on any atom is -0.481 e. The van der Waals surface area contributed by atoms with E-state index in [9.17, 15) is 14.4 Å². The number of carboxylic acids is 1. The molecule has 0 saturated carbocycles. The van der Waals surface area contributed by atoms with Crippen LogP contribution in [-0.4, -0.2) is 58.4 Å². The lowest BCUT2D eigenvalue weighted by Gasteiger charge is -2.36. The van der Waals surface area contributed by atoms with Crippen LogP contribution in [0.3, 0.4) is 0 Å². The highest BCUT2D eigenvalue weighted by Crippen LogP contribution is 2.23. The van der Waals surface area contributed by atoms with Gasteiger partial charge in [-0.1, -0.05) is 13.8 Å². The van der Waals surface area contributed by atoms with Crippen molar-refractivity contribution in [3.8, 4) is 0 Å². The number of carbonyl (C=O) groups is 3. The van der Waals surface area contributed by atoms with Crippen LogP contribution in [-0.2, 0) is 14.4 Å². The Morgan fingerprint density at radius 3 is 2.22 bits per heavy atom. The van der Waals surface area contributed by atoms with Gasteiger partial charge in [-0.15, -0.1) is 0 Å². The molecule has 2 unspecified atom stereocenters. The summed E-state index contributed by atoms with van der Waals surface area (Å²) in [5, 5.41) is 9.13. The van der Waals surface area contributed by atoms with Crippen LogP contribution in [0.5, 0.6) is 0 Å². The summed E-state index contributed by atoms with van der Waals surface area (Å²) in [6.07, 6.45) is 3.50. The Bertz CT molecular complexity index is 419. The number of amides is 2. The molecule has 1 rings (SSSR count). The van der Waals surface area contributed by atoms with Crippen LogP contribution in [0.2, 0.25) is 0 Å². The summed E-state index contributed by atoms with van der Waals surface area (Å²) in [6, 6.07) is 0.0515. The first kappa shape index (κ1) is 19.5. The molecule has 132 valence electrons. The van der Waals surface area contributed by atoms with Gasteiger partial charge in [0.25, 0.3) is 0 Å². The molecule has 23 heavy (non-hydrogen) atoms. The monoisotopic (exact) mass is 326 g/mol. The van der Waals surface area contributed by atoms with Crippen LogP contribution in [0.4, 0.5) is 0 Å². The number of piperidine rings is 1. The van der Waals surface area contributed by atoms with Gasteiger partial charge in [0.1, 0.15) is 0 Å². The van der Waals surface area contributed by atoms with Gasteiger partial charge in [0.2, 0.25) is 11.8 Å². The molecule has 1 saturated heterocycles. The molecular formula is C17H30N2O4. The van der Waals surface area contributed by atoms with Crippen molar-refractivity contribution in [2.75, 3.05) is 19.6 Å². The van der Waals surface area contributed by atoms with E-state index >= 15 is 0 Å². The maximum Gasteiger partial charge on any atom is 0.308 e. The largest absolute Gasteiger partial charge is 0.481 e. The second-order valence-corrected chi connectivity index (χ2v) is 6.39.